The fourth-order valence-corrected chi connectivity index (χ4v) is 3.23. The first-order valence-corrected chi connectivity index (χ1v) is 9.88. The van der Waals surface area contributed by atoms with Crippen LogP contribution in [0, 0.1) is 0 Å². The van der Waals surface area contributed by atoms with Crippen LogP contribution in [0.3, 0.4) is 0 Å². The highest BCUT2D eigenvalue weighted by molar-refractivity contribution is 5.80. The zero-order valence-electron chi connectivity index (χ0n) is 16.8. The van der Waals surface area contributed by atoms with Gasteiger partial charge in [0.15, 0.2) is 11.8 Å². The lowest BCUT2D eigenvalue weighted by atomic mass is 10.1. The van der Waals surface area contributed by atoms with Crippen LogP contribution in [0.25, 0.3) is 0 Å². The lowest BCUT2D eigenvalue weighted by Crippen LogP contribution is -2.47. The molecular formula is C18H35N7O. The van der Waals surface area contributed by atoms with Gasteiger partial charge in [-0.05, 0) is 32.9 Å². The molecule has 2 heterocycles. The maximum Gasteiger partial charge on any atom is 0.191 e. The second-order valence-corrected chi connectivity index (χ2v) is 6.63. The molecule has 8 heteroatoms. The molecule has 1 atom stereocenters. The summed E-state index contributed by atoms with van der Waals surface area (Å²) in [4.78, 5) is 11.7. The third-order valence-electron chi connectivity index (χ3n) is 4.53. The van der Waals surface area contributed by atoms with E-state index in [1.54, 1.807) is 7.11 Å². The number of likely N-dealkylation sites (N-methyl/N-ethyl adjacent to an activating group) is 1. The molecule has 1 aromatic heterocycles. The second kappa shape index (κ2) is 11.1. The predicted octanol–water partition coefficient (Wildman–Crippen LogP) is 1.03. The third kappa shape index (κ3) is 6.25. The van der Waals surface area contributed by atoms with Gasteiger partial charge in [0.1, 0.15) is 12.4 Å². The van der Waals surface area contributed by atoms with Crippen molar-refractivity contribution in [1.29, 1.82) is 0 Å². The molecule has 0 aromatic carbocycles. The average Bonchev–Trinajstić information content (AvgIpc) is 3.03. The number of hydrogen-bond acceptors (Lipinski definition) is 5. The first-order valence-electron chi connectivity index (χ1n) is 9.88. The van der Waals surface area contributed by atoms with Crippen LogP contribution in [0.1, 0.15) is 45.3 Å². The Bertz CT molecular complexity index is 558. The molecular weight excluding hydrogens is 330 g/mol. The zero-order chi connectivity index (χ0) is 18.8. The van der Waals surface area contributed by atoms with E-state index < -0.39 is 0 Å². The van der Waals surface area contributed by atoms with Crippen LogP contribution in [0.15, 0.2) is 4.99 Å². The van der Waals surface area contributed by atoms with E-state index >= 15 is 0 Å². The number of nitrogens with zero attached hydrogens (tertiary/aromatic N) is 5. The first-order chi connectivity index (χ1) is 12.7. The van der Waals surface area contributed by atoms with Gasteiger partial charge in [-0.2, -0.15) is 5.10 Å². The largest absolute Gasteiger partial charge is 0.377 e. The minimum absolute atomic E-state index is 0.315. The van der Waals surface area contributed by atoms with Gasteiger partial charge < -0.3 is 20.3 Å². The van der Waals surface area contributed by atoms with Crippen LogP contribution in [0.5, 0.6) is 0 Å². The van der Waals surface area contributed by atoms with Crippen molar-refractivity contribution in [2.75, 3.05) is 39.8 Å². The monoisotopic (exact) mass is 365 g/mol. The summed E-state index contributed by atoms with van der Waals surface area (Å²) in [5.74, 6) is 2.71. The molecule has 0 spiro atoms. The van der Waals surface area contributed by atoms with Crippen LogP contribution in [0.4, 0.5) is 0 Å². The molecule has 0 aliphatic carbocycles. The Morgan fingerprint density at radius 1 is 1.35 bits per heavy atom. The molecule has 0 amide bonds. The Kier molecular flexibility index (Phi) is 8.84. The number of aryl methyl sites for hydroxylation is 1. The van der Waals surface area contributed by atoms with Crippen molar-refractivity contribution >= 4 is 5.96 Å². The van der Waals surface area contributed by atoms with Gasteiger partial charge in [-0.3, -0.25) is 4.99 Å². The number of aromatic nitrogens is 3. The van der Waals surface area contributed by atoms with Crippen molar-refractivity contribution in [3.8, 4) is 0 Å². The number of ether oxygens (including phenoxy) is 1. The van der Waals surface area contributed by atoms with Crippen molar-refractivity contribution in [2.24, 2.45) is 4.99 Å². The van der Waals surface area contributed by atoms with E-state index in [1.807, 2.05) is 4.68 Å². The Labute approximate surface area is 157 Å². The number of hydrogen-bond donors (Lipinski definition) is 2. The van der Waals surface area contributed by atoms with Crippen LogP contribution >= 0.6 is 0 Å². The van der Waals surface area contributed by atoms with Crippen molar-refractivity contribution in [1.82, 2.24) is 30.3 Å². The number of fused-ring (bicyclic) bond motifs is 1. The second-order valence-electron chi connectivity index (χ2n) is 6.63. The number of rotatable bonds is 10. The molecule has 26 heavy (non-hydrogen) atoms. The molecule has 1 aliphatic heterocycles. The Morgan fingerprint density at radius 2 is 2.19 bits per heavy atom. The summed E-state index contributed by atoms with van der Waals surface area (Å²) >= 11 is 0. The Hall–Kier alpha value is -1.67. The first kappa shape index (κ1) is 20.6. The number of nitrogens with one attached hydrogen (secondary N) is 2. The molecule has 1 unspecified atom stereocenters. The van der Waals surface area contributed by atoms with Gasteiger partial charge >= 0.3 is 0 Å². The summed E-state index contributed by atoms with van der Waals surface area (Å²) in [5, 5.41) is 11.5. The normalized spacial score (nSPS) is 17.4. The SMILES string of the molecule is CCCN(CC)CCN=C(NCC)NC1CCc2nc(COC)nn2C1. The highest BCUT2D eigenvalue weighted by Crippen LogP contribution is 2.13. The molecule has 0 bridgehead atoms. The van der Waals surface area contributed by atoms with Crippen LogP contribution in [-0.4, -0.2) is 71.5 Å². The molecule has 2 N–H and O–H groups in total. The Balaban J connectivity index is 1.89. The minimum Gasteiger partial charge on any atom is -0.377 e. The molecule has 8 nitrogen and oxygen atoms in total. The lowest BCUT2D eigenvalue weighted by Gasteiger charge is -2.25. The van der Waals surface area contributed by atoms with Gasteiger partial charge in [-0.25, -0.2) is 9.67 Å². The average molecular weight is 366 g/mol. The van der Waals surface area contributed by atoms with Gasteiger partial charge in [-0.1, -0.05) is 13.8 Å². The van der Waals surface area contributed by atoms with E-state index in [2.05, 4.69) is 46.4 Å². The quantitative estimate of drug-likeness (QED) is 0.476. The fraction of sp³-hybridized carbons (Fsp3) is 0.833. The third-order valence-corrected chi connectivity index (χ3v) is 4.53. The maximum absolute atomic E-state index is 5.13. The van der Waals surface area contributed by atoms with Crippen molar-refractivity contribution in [3.05, 3.63) is 11.6 Å². The summed E-state index contributed by atoms with van der Waals surface area (Å²) in [6, 6.07) is 0.315. The number of methoxy groups -OCH3 is 1. The minimum atomic E-state index is 0.315. The number of guanidine groups is 1. The summed E-state index contributed by atoms with van der Waals surface area (Å²) in [6.45, 7) is 12.7. The zero-order valence-corrected chi connectivity index (χ0v) is 16.8. The molecule has 2 rings (SSSR count). The maximum atomic E-state index is 5.13. The van der Waals surface area contributed by atoms with Gasteiger partial charge in [0, 0.05) is 32.7 Å². The lowest BCUT2D eigenvalue weighted by molar-refractivity contribution is 0.177. The van der Waals surface area contributed by atoms with Gasteiger partial charge in [-0.15, -0.1) is 0 Å². The smallest absolute Gasteiger partial charge is 0.191 e. The van der Waals surface area contributed by atoms with Gasteiger partial charge in [0.2, 0.25) is 0 Å². The van der Waals surface area contributed by atoms with Crippen LogP contribution in [-0.2, 0) is 24.3 Å². The van der Waals surface area contributed by atoms with Gasteiger partial charge in [0.05, 0.1) is 13.1 Å². The van der Waals surface area contributed by atoms with E-state index in [1.165, 1.54) is 6.42 Å². The Morgan fingerprint density at radius 3 is 2.88 bits per heavy atom. The van der Waals surface area contributed by atoms with Crippen LogP contribution < -0.4 is 10.6 Å². The topological polar surface area (TPSA) is 79.6 Å². The van der Waals surface area contributed by atoms with E-state index in [9.17, 15) is 0 Å². The van der Waals surface area contributed by atoms with Crippen molar-refractivity contribution in [2.45, 2.75) is 59.2 Å². The summed E-state index contributed by atoms with van der Waals surface area (Å²) in [5.41, 5.74) is 0. The van der Waals surface area contributed by atoms with Crippen molar-refractivity contribution in [3.63, 3.8) is 0 Å². The number of aliphatic imine (C=N–C) groups is 1. The molecule has 0 radical (unpaired) electrons. The van der Waals surface area contributed by atoms with E-state index in [-0.39, 0.29) is 0 Å². The molecule has 0 saturated carbocycles. The standard InChI is InChI=1S/C18H35N7O/c1-5-11-24(7-3)12-10-20-18(19-6-2)21-15-8-9-17-22-16(14-26-4)23-25(17)13-15/h15H,5-14H2,1-4H3,(H2,19,20,21). The summed E-state index contributed by atoms with van der Waals surface area (Å²) in [7, 11) is 1.67. The predicted molar refractivity (Wildman–Crippen MR) is 104 cm³/mol. The highest BCUT2D eigenvalue weighted by Gasteiger charge is 2.22. The van der Waals surface area contributed by atoms with E-state index in [0.29, 0.717) is 12.6 Å². The van der Waals surface area contributed by atoms with Crippen molar-refractivity contribution < 1.29 is 4.74 Å². The molecule has 1 aromatic rings. The van der Waals surface area contributed by atoms with E-state index in [0.717, 1.165) is 69.7 Å². The molecule has 1 aliphatic rings. The molecule has 148 valence electrons. The molecule has 0 fully saturated rings. The molecule has 0 saturated heterocycles. The van der Waals surface area contributed by atoms with Crippen LogP contribution in [0.2, 0.25) is 0 Å². The van der Waals surface area contributed by atoms with E-state index in [4.69, 9.17) is 9.73 Å². The van der Waals surface area contributed by atoms with Gasteiger partial charge in [0.25, 0.3) is 0 Å². The fourth-order valence-electron chi connectivity index (χ4n) is 3.23. The summed E-state index contributed by atoms with van der Waals surface area (Å²) < 4.78 is 7.13. The summed E-state index contributed by atoms with van der Waals surface area (Å²) in [6.07, 6.45) is 3.14. The highest BCUT2D eigenvalue weighted by atomic mass is 16.5.